The van der Waals surface area contributed by atoms with Crippen molar-refractivity contribution in [1.82, 2.24) is 21.6 Å². The van der Waals surface area contributed by atoms with Crippen molar-refractivity contribution in [2.45, 2.75) is 5.03 Å². The molecule has 1 aromatic rings. The van der Waals surface area contributed by atoms with Gasteiger partial charge >= 0.3 is 0 Å². The van der Waals surface area contributed by atoms with E-state index in [9.17, 15) is 0 Å². The van der Waals surface area contributed by atoms with Crippen LogP contribution in [-0.4, -0.2) is 15.4 Å². The molecule has 1 rings (SSSR count). The second-order valence-electron chi connectivity index (χ2n) is 0.832. The van der Waals surface area contributed by atoms with Crippen LogP contribution in [0.2, 0.25) is 0 Å². The number of nitrogens with zero attached hydrogens (tertiary/aromatic N) is 2. The number of rotatable bonds is 0. The number of thiol groups is 1. The molecule has 7 heavy (non-hydrogen) atoms. The predicted molar refractivity (Wildman–Crippen MR) is 28.7 cm³/mol. The number of nitrogens with one attached hydrogen (secondary N) is 1. The van der Waals surface area contributed by atoms with E-state index < -0.39 is 0 Å². The van der Waals surface area contributed by atoms with Gasteiger partial charge in [0.2, 0.25) is 0 Å². The summed E-state index contributed by atoms with van der Waals surface area (Å²) in [6, 6.07) is 0. The highest BCUT2D eigenvalue weighted by atomic mass is 32.1. The number of H-pyrrole nitrogens is 1. The van der Waals surface area contributed by atoms with E-state index in [0.717, 1.165) is 0 Å². The molecule has 0 bridgehead atoms. The van der Waals surface area contributed by atoms with Crippen LogP contribution in [0.1, 0.15) is 0 Å². The Labute approximate surface area is 46.3 Å². The quantitative estimate of drug-likeness (QED) is 0.427. The van der Waals surface area contributed by atoms with Gasteiger partial charge in [-0.15, -0.1) is 17.7 Å². The molecule has 5 heteroatoms. The summed E-state index contributed by atoms with van der Waals surface area (Å²) in [7, 11) is 0. The van der Waals surface area contributed by atoms with Crippen LogP contribution in [0.5, 0.6) is 0 Å². The van der Waals surface area contributed by atoms with Gasteiger partial charge < -0.3 is 6.15 Å². The lowest BCUT2D eigenvalue weighted by Gasteiger charge is -1.60. The number of hydrogen-bond acceptors (Lipinski definition) is 4. The first-order chi connectivity index (χ1) is 2.89. The van der Waals surface area contributed by atoms with Crippen LogP contribution in [0.4, 0.5) is 0 Å². The summed E-state index contributed by atoms with van der Waals surface area (Å²) >= 11 is 3.83. The molecule has 0 radical (unpaired) electrons. The lowest BCUT2D eigenvalue weighted by atomic mass is 11.0. The zero-order valence-corrected chi connectivity index (χ0v) is 4.52. The molecule has 0 fully saturated rings. The Bertz CT molecular complexity index is 113. The minimum absolute atomic E-state index is 0. The molecular formula is C2H6N4S. The Kier molecular flexibility index (Phi) is 2.39. The minimum atomic E-state index is 0. The lowest BCUT2D eigenvalue weighted by molar-refractivity contribution is 0.912. The van der Waals surface area contributed by atoms with E-state index in [1.54, 1.807) is 6.20 Å². The molecule has 0 spiro atoms. The molecule has 4 nitrogen and oxygen atoms in total. The summed E-state index contributed by atoms with van der Waals surface area (Å²) in [6.45, 7) is 0. The van der Waals surface area contributed by atoms with Gasteiger partial charge in [0.25, 0.3) is 0 Å². The molecule has 0 aliphatic rings. The fourth-order valence-corrected chi connectivity index (χ4v) is 0.298. The Morgan fingerprint density at radius 3 is 2.57 bits per heavy atom. The SMILES string of the molecule is N.Sc1c[nH]nn1. The molecule has 0 saturated heterocycles. The van der Waals surface area contributed by atoms with Gasteiger partial charge in [0.05, 0.1) is 6.20 Å². The monoisotopic (exact) mass is 118 g/mol. The zero-order valence-electron chi connectivity index (χ0n) is 3.63. The molecule has 0 aromatic carbocycles. The van der Waals surface area contributed by atoms with Crippen LogP contribution in [0.3, 0.4) is 0 Å². The summed E-state index contributed by atoms with van der Waals surface area (Å²) in [6.07, 6.45) is 1.60. The fourth-order valence-electron chi connectivity index (χ4n) is 0.196. The summed E-state index contributed by atoms with van der Waals surface area (Å²) in [5.41, 5.74) is 0. The highest BCUT2D eigenvalue weighted by Crippen LogP contribution is 1.90. The Hall–Kier alpha value is -0.550. The first-order valence-electron chi connectivity index (χ1n) is 1.45. The maximum Gasteiger partial charge on any atom is 0.135 e. The zero-order chi connectivity index (χ0) is 4.41. The molecule has 0 atom stereocenters. The van der Waals surface area contributed by atoms with E-state index in [4.69, 9.17) is 0 Å². The largest absolute Gasteiger partial charge is 0.344 e. The smallest absolute Gasteiger partial charge is 0.135 e. The third kappa shape index (κ3) is 1.56. The van der Waals surface area contributed by atoms with Crippen molar-refractivity contribution in [3.8, 4) is 0 Å². The second-order valence-corrected chi connectivity index (χ2v) is 1.29. The summed E-state index contributed by atoms with van der Waals surface area (Å²) < 4.78 is 0. The number of aromatic amines is 1. The molecular weight excluding hydrogens is 112 g/mol. The number of hydrogen-bond donors (Lipinski definition) is 3. The first kappa shape index (κ1) is 6.45. The maximum absolute atomic E-state index is 3.83. The molecule has 0 aliphatic carbocycles. The van der Waals surface area contributed by atoms with E-state index in [-0.39, 0.29) is 6.15 Å². The van der Waals surface area contributed by atoms with E-state index >= 15 is 0 Å². The van der Waals surface area contributed by atoms with Crippen molar-refractivity contribution in [1.29, 1.82) is 0 Å². The summed E-state index contributed by atoms with van der Waals surface area (Å²) in [5.74, 6) is 0. The molecule has 0 unspecified atom stereocenters. The predicted octanol–water partition coefficient (Wildman–Crippen LogP) is 0.255. The van der Waals surface area contributed by atoms with Crippen LogP contribution >= 0.6 is 12.6 Å². The van der Waals surface area contributed by atoms with Crippen molar-refractivity contribution in [2.24, 2.45) is 0 Å². The van der Waals surface area contributed by atoms with Crippen LogP contribution in [0.15, 0.2) is 11.2 Å². The van der Waals surface area contributed by atoms with Crippen molar-refractivity contribution in [3.05, 3.63) is 6.20 Å². The molecule has 1 heterocycles. The number of aromatic nitrogens is 3. The van der Waals surface area contributed by atoms with Crippen molar-refractivity contribution >= 4 is 12.6 Å². The molecule has 0 aliphatic heterocycles. The van der Waals surface area contributed by atoms with Gasteiger partial charge in [-0.05, 0) is 0 Å². The average molecular weight is 118 g/mol. The first-order valence-corrected chi connectivity index (χ1v) is 1.90. The molecule has 1 aromatic heterocycles. The Morgan fingerprint density at radius 2 is 2.43 bits per heavy atom. The Morgan fingerprint density at radius 1 is 1.71 bits per heavy atom. The molecule has 4 N–H and O–H groups in total. The van der Waals surface area contributed by atoms with Crippen LogP contribution in [0, 0.1) is 0 Å². The maximum atomic E-state index is 3.83. The van der Waals surface area contributed by atoms with Crippen molar-refractivity contribution < 1.29 is 0 Å². The van der Waals surface area contributed by atoms with Gasteiger partial charge in [0.15, 0.2) is 0 Å². The van der Waals surface area contributed by atoms with Crippen LogP contribution in [-0.2, 0) is 0 Å². The second kappa shape index (κ2) is 2.59. The van der Waals surface area contributed by atoms with E-state index in [1.807, 2.05) is 0 Å². The van der Waals surface area contributed by atoms with E-state index in [1.165, 1.54) is 0 Å². The van der Waals surface area contributed by atoms with Crippen molar-refractivity contribution in [3.63, 3.8) is 0 Å². The van der Waals surface area contributed by atoms with E-state index in [0.29, 0.717) is 5.03 Å². The fraction of sp³-hybridized carbons (Fsp3) is 0. The normalized spacial score (nSPS) is 7.57. The molecule has 0 saturated carbocycles. The average Bonchev–Trinajstić information content (AvgIpc) is 1.86. The van der Waals surface area contributed by atoms with Crippen LogP contribution < -0.4 is 6.15 Å². The van der Waals surface area contributed by atoms with Gasteiger partial charge in [0.1, 0.15) is 5.03 Å². The third-order valence-electron chi connectivity index (χ3n) is 0.404. The lowest BCUT2D eigenvalue weighted by Crippen LogP contribution is -1.64. The third-order valence-corrected chi connectivity index (χ3v) is 0.622. The van der Waals surface area contributed by atoms with E-state index in [2.05, 4.69) is 28.0 Å². The molecule has 0 amide bonds. The van der Waals surface area contributed by atoms with Gasteiger partial charge in [-0.25, -0.2) is 0 Å². The van der Waals surface area contributed by atoms with Gasteiger partial charge in [-0.2, -0.15) is 0 Å². The molecule has 40 valence electrons. The summed E-state index contributed by atoms with van der Waals surface area (Å²) in [5, 5.41) is 9.96. The summed E-state index contributed by atoms with van der Waals surface area (Å²) in [4.78, 5) is 0. The minimum Gasteiger partial charge on any atom is -0.344 e. The highest BCUT2D eigenvalue weighted by molar-refractivity contribution is 7.80. The standard InChI is InChI=1S/C2H3N3S.H3N/c6-2-1-3-5-4-2;/h1H,(H2,3,4,5,6);1H3. The highest BCUT2D eigenvalue weighted by Gasteiger charge is 1.77. The van der Waals surface area contributed by atoms with Crippen molar-refractivity contribution in [2.75, 3.05) is 0 Å². The topological polar surface area (TPSA) is 76.6 Å². The van der Waals surface area contributed by atoms with Gasteiger partial charge in [-0.1, -0.05) is 5.21 Å². The van der Waals surface area contributed by atoms with Gasteiger partial charge in [0, 0.05) is 0 Å². The van der Waals surface area contributed by atoms with Gasteiger partial charge in [-0.3, -0.25) is 5.10 Å². The Balaban J connectivity index is 0.000000360. The van der Waals surface area contributed by atoms with Crippen LogP contribution in [0.25, 0.3) is 0 Å².